The van der Waals surface area contributed by atoms with Gasteiger partial charge in [-0.3, -0.25) is 14.4 Å². The van der Waals surface area contributed by atoms with Crippen molar-refractivity contribution in [3.8, 4) is 0 Å². The number of nitrogens with zero attached hydrogens (tertiary/aromatic N) is 3. The molecular weight excluding hydrogens is 347 g/mol. The van der Waals surface area contributed by atoms with Crippen LogP contribution in [0.5, 0.6) is 0 Å². The van der Waals surface area contributed by atoms with Crippen LogP contribution in [0.4, 0.5) is 4.39 Å². The van der Waals surface area contributed by atoms with E-state index in [1.54, 1.807) is 11.7 Å². The van der Waals surface area contributed by atoms with Crippen LogP contribution in [-0.4, -0.2) is 44.9 Å². The third kappa shape index (κ3) is 3.89. The van der Waals surface area contributed by atoms with Gasteiger partial charge in [-0.05, 0) is 48.9 Å². The fourth-order valence-electron chi connectivity index (χ4n) is 4.19. The molecule has 2 heterocycles. The molecule has 0 bridgehead atoms. The lowest BCUT2D eigenvalue weighted by molar-refractivity contribution is 0.0925. The zero-order valence-corrected chi connectivity index (χ0v) is 15.5. The molecule has 0 spiro atoms. The Morgan fingerprint density at radius 3 is 3.04 bits per heavy atom. The van der Waals surface area contributed by atoms with Gasteiger partial charge in [0, 0.05) is 38.4 Å². The van der Waals surface area contributed by atoms with E-state index in [-0.39, 0.29) is 23.9 Å². The van der Waals surface area contributed by atoms with Crippen LogP contribution in [-0.2, 0) is 20.0 Å². The van der Waals surface area contributed by atoms with Crippen molar-refractivity contribution in [2.75, 3.05) is 13.1 Å². The summed E-state index contributed by atoms with van der Waals surface area (Å²) in [6.07, 6.45) is 4.98. The van der Waals surface area contributed by atoms with E-state index in [1.165, 1.54) is 12.1 Å². The number of hydrogen-bond donors (Lipinski definition) is 2. The summed E-state index contributed by atoms with van der Waals surface area (Å²) in [5.74, 6) is -0.506. The number of fused-ring (bicyclic) bond motifs is 1. The number of rotatable bonds is 4. The van der Waals surface area contributed by atoms with Gasteiger partial charge in [0.2, 0.25) is 0 Å². The van der Waals surface area contributed by atoms with Crippen LogP contribution in [0.1, 0.15) is 52.5 Å². The normalized spacial score (nSPS) is 22.6. The summed E-state index contributed by atoms with van der Waals surface area (Å²) >= 11 is 0. The molecule has 2 aromatic rings. The van der Waals surface area contributed by atoms with Gasteiger partial charge in [0.1, 0.15) is 5.82 Å². The number of benzene rings is 1. The number of β-amino-alcohol motifs (C(OH)–C–C–N with tert-alkyl or cyclic N) is 1. The van der Waals surface area contributed by atoms with E-state index in [1.807, 2.05) is 12.3 Å². The summed E-state index contributed by atoms with van der Waals surface area (Å²) < 4.78 is 15.3. The predicted molar refractivity (Wildman–Crippen MR) is 98.7 cm³/mol. The lowest BCUT2D eigenvalue weighted by Crippen LogP contribution is -2.32. The molecule has 7 heteroatoms. The van der Waals surface area contributed by atoms with E-state index in [9.17, 15) is 14.3 Å². The zero-order valence-electron chi connectivity index (χ0n) is 15.5. The molecule has 2 atom stereocenters. The molecule has 144 valence electrons. The number of nitrogens with one attached hydrogen (secondary N) is 1. The van der Waals surface area contributed by atoms with Gasteiger partial charge in [-0.25, -0.2) is 4.39 Å². The van der Waals surface area contributed by atoms with Gasteiger partial charge >= 0.3 is 0 Å². The SMILES string of the molecule is Cn1cc(CN2CCC(O)C2)c(C(=O)N[C@@H]2CCCc3ccc(F)cc32)n1. The Bertz CT molecular complexity index is 851. The molecular formula is C20H25FN4O2. The van der Waals surface area contributed by atoms with Gasteiger partial charge in [-0.2, -0.15) is 5.10 Å². The summed E-state index contributed by atoms with van der Waals surface area (Å²) in [5.41, 5.74) is 3.22. The van der Waals surface area contributed by atoms with Gasteiger partial charge in [0.25, 0.3) is 5.91 Å². The highest BCUT2D eigenvalue weighted by Crippen LogP contribution is 2.30. The number of aliphatic hydroxyl groups is 1. The number of carbonyl (C=O) groups is 1. The lowest BCUT2D eigenvalue weighted by Gasteiger charge is -2.26. The minimum atomic E-state index is -0.299. The number of aryl methyl sites for hydroxylation is 2. The van der Waals surface area contributed by atoms with Crippen molar-refractivity contribution in [1.82, 2.24) is 20.0 Å². The van der Waals surface area contributed by atoms with Crippen molar-refractivity contribution in [3.05, 3.63) is 52.6 Å². The topological polar surface area (TPSA) is 70.4 Å². The molecule has 0 radical (unpaired) electrons. The molecule has 4 rings (SSSR count). The standard InChI is InChI=1S/C20H25FN4O2/c1-24-10-14(11-25-8-7-16(26)12-25)19(23-24)20(27)22-18-4-2-3-13-5-6-15(21)9-17(13)18/h5-6,9-10,16,18,26H,2-4,7-8,11-12H2,1H3,(H,22,27)/t16?,18-/m1/s1. The van der Waals surface area contributed by atoms with Crippen LogP contribution in [0.2, 0.25) is 0 Å². The monoisotopic (exact) mass is 372 g/mol. The smallest absolute Gasteiger partial charge is 0.272 e. The van der Waals surface area contributed by atoms with Crippen molar-refractivity contribution in [2.45, 2.75) is 44.4 Å². The second-order valence-electron chi connectivity index (χ2n) is 7.62. The molecule has 6 nitrogen and oxygen atoms in total. The van der Waals surface area contributed by atoms with Crippen LogP contribution in [0.15, 0.2) is 24.4 Å². The third-order valence-corrected chi connectivity index (χ3v) is 5.49. The second kappa shape index (κ2) is 7.40. The fraction of sp³-hybridized carbons (Fsp3) is 0.500. The van der Waals surface area contributed by atoms with Crippen LogP contribution >= 0.6 is 0 Å². The Balaban J connectivity index is 1.52. The highest BCUT2D eigenvalue weighted by Gasteiger charge is 2.27. The van der Waals surface area contributed by atoms with Crippen LogP contribution in [0, 0.1) is 5.82 Å². The molecule has 27 heavy (non-hydrogen) atoms. The van der Waals surface area contributed by atoms with Gasteiger partial charge < -0.3 is 10.4 Å². The minimum Gasteiger partial charge on any atom is -0.392 e. The Morgan fingerprint density at radius 1 is 1.41 bits per heavy atom. The molecule has 0 saturated carbocycles. The number of carbonyl (C=O) groups excluding carboxylic acids is 1. The first-order valence-corrected chi connectivity index (χ1v) is 9.51. The lowest BCUT2D eigenvalue weighted by atomic mass is 9.87. The number of aliphatic hydroxyl groups excluding tert-OH is 1. The molecule has 1 aliphatic carbocycles. The largest absolute Gasteiger partial charge is 0.392 e. The second-order valence-corrected chi connectivity index (χ2v) is 7.62. The maximum Gasteiger partial charge on any atom is 0.272 e. The molecule has 1 aromatic carbocycles. The van der Waals surface area contributed by atoms with E-state index in [0.717, 1.165) is 48.9 Å². The van der Waals surface area contributed by atoms with E-state index in [4.69, 9.17) is 0 Å². The van der Waals surface area contributed by atoms with Crippen molar-refractivity contribution in [3.63, 3.8) is 0 Å². The van der Waals surface area contributed by atoms with Gasteiger partial charge in [0.05, 0.1) is 12.1 Å². The van der Waals surface area contributed by atoms with Crippen molar-refractivity contribution >= 4 is 5.91 Å². The highest BCUT2D eigenvalue weighted by atomic mass is 19.1. The quantitative estimate of drug-likeness (QED) is 0.861. The number of aromatic nitrogens is 2. The van der Waals surface area contributed by atoms with E-state index in [2.05, 4.69) is 15.3 Å². The Kier molecular flexibility index (Phi) is 4.97. The van der Waals surface area contributed by atoms with Crippen LogP contribution in [0.25, 0.3) is 0 Å². The fourth-order valence-corrected chi connectivity index (χ4v) is 4.19. The molecule has 1 amide bonds. The average Bonchev–Trinajstić information content (AvgIpc) is 3.21. The van der Waals surface area contributed by atoms with Gasteiger partial charge in [-0.1, -0.05) is 6.07 Å². The summed E-state index contributed by atoms with van der Waals surface area (Å²) in [6.45, 7) is 2.02. The zero-order chi connectivity index (χ0) is 19.0. The van der Waals surface area contributed by atoms with Crippen LogP contribution in [0.3, 0.4) is 0 Å². The molecule has 2 aliphatic rings. The molecule has 2 N–H and O–H groups in total. The Labute approximate surface area is 158 Å². The highest BCUT2D eigenvalue weighted by molar-refractivity contribution is 5.94. The number of halogens is 1. The maximum absolute atomic E-state index is 13.7. The average molecular weight is 372 g/mol. The van der Waals surface area contributed by atoms with Gasteiger partial charge in [-0.15, -0.1) is 0 Å². The van der Waals surface area contributed by atoms with E-state index >= 15 is 0 Å². The molecule has 1 aliphatic heterocycles. The molecule has 1 aromatic heterocycles. The number of likely N-dealkylation sites (tertiary alicyclic amines) is 1. The van der Waals surface area contributed by atoms with Crippen LogP contribution < -0.4 is 5.32 Å². The number of amides is 1. The predicted octanol–water partition coefficient (Wildman–Crippen LogP) is 1.93. The molecule has 1 saturated heterocycles. The summed E-state index contributed by atoms with van der Waals surface area (Å²) in [5, 5.41) is 17.1. The van der Waals surface area contributed by atoms with Crippen molar-refractivity contribution < 1.29 is 14.3 Å². The summed E-state index contributed by atoms with van der Waals surface area (Å²) in [4.78, 5) is 15.1. The first-order chi connectivity index (χ1) is 13.0. The summed E-state index contributed by atoms with van der Waals surface area (Å²) in [7, 11) is 1.80. The molecule has 1 fully saturated rings. The van der Waals surface area contributed by atoms with Crippen molar-refractivity contribution in [1.29, 1.82) is 0 Å². The maximum atomic E-state index is 13.7. The Hall–Kier alpha value is -2.25. The van der Waals surface area contributed by atoms with Crippen molar-refractivity contribution in [2.24, 2.45) is 7.05 Å². The minimum absolute atomic E-state index is 0.194. The van der Waals surface area contributed by atoms with E-state index in [0.29, 0.717) is 18.8 Å². The molecule has 1 unspecified atom stereocenters. The Morgan fingerprint density at radius 2 is 2.26 bits per heavy atom. The van der Waals surface area contributed by atoms with E-state index < -0.39 is 0 Å². The van der Waals surface area contributed by atoms with Gasteiger partial charge in [0.15, 0.2) is 5.69 Å². The third-order valence-electron chi connectivity index (χ3n) is 5.49. The first kappa shape index (κ1) is 18.1. The number of hydrogen-bond acceptors (Lipinski definition) is 4. The summed E-state index contributed by atoms with van der Waals surface area (Å²) in [6, 6.07) is 4.63. The first-order valence-electron chi connectivity index (χ1n) is 9.51.